The molecule has 0 saturated heterocycles. The van der Waals surface area contributed by atoms with Gasteiger partial charge in [-0.25, -0.2) is 0 Å². The van der Waals surface area contributed by atoms with Gasteiger partial charge < -0.3 is 5.32 Å². The van der Waals surface area contributed by atoms with Crippen molar-refractivity contribution in [3.05, 3.63) is 16.4 Å². The van der Waals surface area contributed by atoms with Crippen molar-refractivity contribution < 1.29 is 0 Å². The fourth-order valence-electron chi connectivity index (χ4n) is 0.721. The Morgan fingerprint density at radius 3 is 2.60 bits per heavy atom. The Balaban J connectivity index is 2.67. The number of H-pyrrole nitrogens is 2. The molecule has 10 heavy (non-hydrogen) atoms. The predicted molar refractivity (Wildman–Crippen MR) is 40.2 cm³/mol. The number of hydrogen-bond donors (Lipinski definition) is 3. The van der Waals surface area contributed by atoms with Gasteiger partial charge in [-0.2, -0.15) is 0 Å². The molecule has 0 aliphatic rings. The molecule has 0 aliphatic heterocycles. The van der Waals surface area contributed by atoms with Gasteiger partial charge in [0.1, 0.15) is 5.82 Å². The first-order chi connectivity index (χ1) is 4.68. The van der Waals surface area contributed by atoms with Crippen molar-refractivity contribution in [1.82, 2.24) is 10.2 Å². The molecular formula is C6H11N3O. The first kappa shape index (κ1) is 6.92. The molecule has 4 nitrogen and oxygen atoms in total. The van der Waals surface area contributed by atoms with Crippen LogP contribution in [0.4, 0.5) is 5.82 Å². The second kappa shape index (κ2) is 2.60. The molecular weight excluding hydrogens is 130 g/mol. The maximum atomic E-state index is 10.5. The lowest BCUT2D eigenvalue weighted by atomic mass is 10.4. The van der Waals surface area contributed by atoms with E-state index in [1.165, 1.54) is 6.07 Å². The van der Waals surface area contributed by atoms with E-state index in [9.17, 15) is 4.79 Å². The van der Waals surface area contributed by atoms with Gasteiger partial charge in [0.2, 0.25) is 0 Å². The molecule has 0 spiro atoms. The molecule has 0 atom stereocenters. The fourth-order valence-corrected chi connectivity index (χ4v) is 0.721. The molecule has 56 valence electrons. The average Bonchev–Trinajstić information content (AvgIpc) is 2.13. The van der Waals surface area contributed by atoms with E-state index in [-0.39, 0.29) is 5.56 Å². The van der Waals surface area contributed by atoms with E-state index in [4.69, 9.17) is 0 Å². The molecule has 1 rings (SSSR count). The molecule has 1 heterocycles. The van der Waals surface area contributed by atoms with Crippen LogP contribution in [0.15, 0.2) is 10.9 Å². The van der Waals surface area contributed by atoms with Crippen molar-refractivity contribution in [3.63, 3.8) is 0 Å². The van der Waals surface area contributed by atoms with Crippen LogP contribution < -0.4 is 10.9 Å². The van der Waals surface area contributed by atoms with Gasteiger partial charge in [0.05, 0.1) is 0 Å². The molecule has 0 unspecified atom stereocenters. The predicted octanol–water partition coefficient (Wildman–Crippen LogP) is 0.523. The second-order valence-corrected chi connectivity index (χ2v) is 2.47. The summed E-state index contributed by atoms with van der Waals surface area (Å²) in [6, 6.07) is 1.83. The molecule has 0 fully saturated rings. The zero-order chi connectivity index (χ0) is 7.56. The highest BCUT2D eigenvalue weighted by Crippen LogP contribution is 1.96. The Bertz CT molecular complexity index is 247. The van der Waals surface area contributed by atoms with Gasteiger partial charge in [0.25, 0.3) is 5.56 Å². The molecule has 0 aromatic carbocycles. The third-order valence-electron chi connectivity index (χ3n) is 1.04. The van der Waals surface area contributed by atoms with Crippen LogP contribution in [0.3, 0.4) is 0 Å². The van der Waals surface area contributed by atoms with Gasteiger partial charge in [-0.1, -0.05) is 0 Å². The van der Waals surface area contributed by atoms with Gasteiger partial charge in [-0.15, -0.1) is 0 Å². The summed E-state index contributed by atoms with van der Waals surface area (Å²) >= 11 is 0. The Morgan fingerprint density at radius 2 is 2.20 bits per heavy atom. The van der Waals surface area contributed by atoms with E-state index < -0.39 is 0 Å². The quantitative estimate of drug-likeness (QED) is 0.562. The second-order valence-electron chi connectivity index (χ2n) is 2.47. The molecule has 4 heteroatoms. The van der Waals surface area contributed by atoms with Crippen LogP contribution in [-0.4, -0.2) is 16.2 Å². The Labute approximate surface area is 58.6 Å². The van der Waals surface area contributed by atoms with Crippen molar-refractivity contribution in [2.24, 2.45) is 0 Å². The largest absolute Gasteiger partial charge is 0.368 e. The van der Waals surface area contributed by atoms with Gasteiger partial charge in [0.15, 0.2) is 0 Å². The van der Waals surface area contributed by atoms with E-state index in [2.05, 4.69) is 15.5 Å². The van der Waals surface area contributed by atoms with Crippen molar-refractivity contribution in [2.75, 3.05) is 5.32 Å². The minimum Gasteiger partial charge on any atom is -0.368 e. The summed E-state index contributed by atoms with van der Waals surface area (Å²) in [5.74, 6) is 0.736. The van der Waals surface area contributed by atoms with E-state index in [0.717, 1.165) is 5.82 Å². The molecule has 0 radical (unpaired) electrons. The molecule has 0 saturated carbocycles. The summed E-state index contributed by atoms with van der Waals surface area (Å²) in [6.45, 7) is 4.01. The van der Waals surface area contributed by atoms with Gasteiger partial charge in [0, 0.05) is 12.1 Å². The maximum absolute atomic E-state index is 10.5. The number of hydrogen-bond acceptors (Lipinski definition) is 2. The number of anilines is 1. The van der Waals surface area contributed by atoms with Gasteiger partial charge >= 0.3 is 0 Å². The number of nitrogens with one attached hydrogen (secondary N) is 3. The summed E-state index contributed by atoms with van der Waals surface area (Å²) in [6.07, 6.45) is 0. The third kappa shape index (κ3) is 1.65. The smallest absolute Gasteiger partial charge is 0.266 e. The molecule has 3 N–H and O–H groups in total. The van der Waals surface area contributed by atoms with Crippen LogP contribution in [0.1, 0.15) is 13.8 Å². The Morgan fingerprint density at radius 1 is 1.50 bits per heavy atom. The van der Waals surface area contributed by atoms with Crippen LogP contribution in [-0.2, 0) is 0 Å². The summed E-state index contributed by atoms with van der Waals surface area (Å²) in [5.41, 5.74) is -0.108. The number of aromatic nitrogens is 2. The minimum atomic E-state index is -0.108. The SMILES string of the molecule is CC(C)Nc1cc(=O)[nH][nH]1. The van der Waals surface area contributed by atoms with Crippen molar-refractivity contribution in [2.45, 2.75) is 19.9 Å². The van der Waals surface area contributed by atoms with Crippen LogP contribution in [0.25, 0.3) is 0 Å². The Hall–Kier alpha value is -1.19. The molecule has 0 aliphatic carbocycles. The highest BCUT2D eigenvalue weighted by Gasteiger charge is 1.95. The van der Waals surface area contributed by atoms with Crippen LogP contribution in [0.5, 0.6) is 0 Å². The summed E-state index contributed by atoms with van der Waals surface area (Å²) in [4.78, 5) is 10.5. The molecule has 1 aromatic rings. The van der Waals surface area contributed by atoms with Crippen molar-refractivity contribution >= 4 is 5.82 Å². The molecule has 1 aromatic heterocycles. The lowest BCUT2D eigenvalue weighted by Gasteiger charge is -2.04. The first-order valence-electron chi connectivity index (χ1n) is 3.22. The summed E-state index contributed by atoms with van der Waals surface area (Å²) in [7, 11) is 0. The fraction of sp³-hybridized carbons (Fsp3) is 0.500. The topological polar surface area (TPSA) is 60.7 Å². The van der Waals surface area contributed by atoms with E-state index in [1.54, 1.807) is 0 Å². The monoisotopic (exact) mass is 141 g/mol. The Kier molecular flexibility index (Phi) is 1.80. The van der Waals surface area contributed by atoms with Crippen LogP contribution in [0, 0.1) is 0 Å². The van der Waals surface area contributed by atoms with Crippen LogP contribution in [0.2, 0.25) is 0 Å². The molecule has 0 amide bonds. The maximum Gasteiger partial charge on any atom is 0.266 e. The lowest BCUT2D eigenvalue weighted by Crippen LogP contribution is -2.09. The number of aromatic amines is 2. The van der Waals surface area contributed by atoms with E-state index >= 15 is 0 Å². The highest BCUT2D eigenvalue weighted by atomic mass is 16.1. The average molecular weight is 141 g/mol. The van der Waals surface area contributed by atoms with E-state index in [0.29, 0.717) is 6.04 Å². The minimum absolute atomic E-state index is 0.108. The van der Waals surface area contributed by atoms with Gasteiger partial charge in [-0.05, 0) is 13.8 Å². The summed E-state index contributed by atoms with van der Waals surface area (Å²) in [5, 5.41) is 8.16. The van der Waals surface area contributed by atoms with Gasteiger partial charge in [-0.3, -0.25) is 15.0 Å². The zero-order valence-corrected chi connectivity index (χ0v) is 6.06. The highest BCUT2D eigenvalue weighted by molar-refractivity contribution is 5.32. The normalized spacial score (nSPS) is 10.3. The first-order valence-corrected chi connectivity index (χ1v) is 3.22. The zero-order valence-electron chi connectivity index (χ0n) is 6.06. The van der Waals surface area contributed by atoms with Crippen molar-refractivity contribution in [1.29, 1.82) is 0 Å². The lowest BCUT2D eigenvalue weighted by molar-refractivity contribution is 0.883. The summed E-state index contributed by atoms with van der Waals surface area (Å²) < 4.78 is 0. The standard InChI is InChI=1S/C6H11N3O/c1-4(2)7-5-3-6(10)9-8-5/h3-4H,1-2H3,(H3,7,8,9,10). The van der Waals surface area contributed by atoms with Crippen molar-refractivity contribution in [3.8, 4) is 0 Å². The third-order valence-corrected chi connectivity index (χ3v) is 1.04. The number of rotatable bonds is 2. The van der Waals surface area contributed by atoms with E-state index in [1.807, 2.05) is 13.8 Å². The van der Waals surface area contributed by atoms with Crippen LogP contribution >= 0.6 is 0 Å². The molecule has 0 bridgehead atoms.